The van der Waals surface area contributed by atoms with Crippen LogP contribution in [0.4, 0.5) is 0 Å². The summed E-state index contributed by atoms with van der Waals surface area (Å²) in [6, 6.07) is 0. The predicted octanol–water partition coefficient (Wildman–Crippen LogP) is 7.28. The van der Waals surface area contributed by atoms with Gasteiger partial charge in [-0.1, -0.05) is 55.4 Å². The molecule has 0 atom stereocenters. The Morgan fingerprint density at radius 2 is 0.469 bits per heavy atom. The summed E-state index contributed by atoms with van der Waals surface area (Å²) in [6.07, 6.45) is 2.25. The Morgan fingerprint density at radius 1 is 0.344 bits per heavy atom. The van der Waals surface area contributed by atoms with Gasteiger partial charge in [-0.25, -0.2) is 0 Å². The first-order valence-corrected chi connectivity index (χ1v) is 12.8. The van der Waals surface area contributed by atoms with Crippen LogP contribution in [0.2, 0.25) is 0 Å². The number of rotatable bonds is 8. The molecule has 0 N–H and O–H groups in total. The van der Waals surface area contributed by atoms with Crippen LogP contribution in [0, 0.1) is 21.7 Å². The third kappa shape index (κ3) is 6.09. The first kappa shape index (κ1) is 29.9. The van der Waals surface area contributed by atoms with Gasteiger partial charge in [0.2, 0.25) is 0 Å². The Hall–Kier alpha value is -0.160. The van der Waals surface area contributed by atoms with Crippen molar-refractivity contribution in [1.82, 2.24) is 0 Å². The van der Waals surface area contributed by atoms with Gasteiger partial charge >= 0.3 is 0 Å². The Balaban J connectivity index is 0.000000320. The molecule has 0 heterocycles. The van der Waals surface area contributed by atoms with Crippen molar-refractivity contribution in [2.75, 3.05) is 0 Å². The van der Waals surface area contributed by atoms with Crippen molar-refractivity contribution in [1.29, 1.82) is 0 Å². The molecule has 4 nitrogen and oxygen atoms in total. The van der Waals surface area contributed by atoms with Crippen molar-refractivity contribution >= 4 is 0 Å². The van der Waals surface area contributed by atoms with E-state index in [1.54, 1.807) is 0 Å². The van der Waals surface area contributed by atoms with Crippen LogP contribution in [-0.4, -0.2) is 48.8 Å². The smallest absolute Gasteiger partial charge is 0.0730 e. The summed E-state index contributed by atoms with van der Waals surface area (Å²) in [4.78, 5) is 0. The van der Waals surface area contributed by atoms with Crippen molar-refractivity contribution in [3.8, 4) is 0 Å². The zero-order valence-corrected chi connectivity index (χ0v) is 24.3. The van der Waals surface area contributed by atoms with Crippen LogP contribution in [0.3, 0.4) is 0 Å². The maximum Gasteiger partial charge on any atom is 0.0730 e. The minimum atomic E-state index is 0.109. The summed E-state index contributed by atoms with van der Waals surface area (Å²) in [5.74, 6) is 0. The van der Waals surface area contributed by atoms with Gasteiger partial charge in [0.25, 0.3) is 0 Å². The van der Waals surface area contributed by atoms with E-state index in [9.17, 15) is 0 Å². The van der Waals surface area contributed by atoms with E-state index in [2.05, 4.69) is 111 Å². The van der Waals surface area contributed by atoms with Gasteiger partial charge in [0, 0.05) is 21.7 Å². The van der Waals surface area contributed by atoms with E-state index in [0.29, 0.717) is 0 Å². The second kappa shape index (κ2) is 10.2. The zero-order chi connectivity index (χ0) is 25.4. The van der Waals surface area contributed by atoms with E-state index in [-0.39, 0.29) is 70.5 Å². The van der Waals surface area contributed by atoms with E-state index in [4.69, 9.17) is 18.9 Å². The molecular weight excluding hydrogens is 400 g/mol. The molecule has 4 heteroatoms. The molecule has 2 aliphatic rings. The molecule has 0 radical (unpaired) electrons. The van der Waals surface area contributed by atoms with Crippen LogP contribution in [0.1, 0.15) is 111 Å². The maximum absolute atomic E-state index is 6.05. The summed E-state index contributed by atoms with van der Waals surface area (Å²) < 4.78 is 24.2. The van der Waals surface area contributed by atoms with E-state index in [1.807, 2.05) is 0 Å². The molecule has 192 valence electrons. The van der Waals surface area contributed by atoms with Crippen LogP contribution in [0.15, 0.2) is 0 Å². The van der Waals surface area contributed by atoms with Crippen LogP contribution < -0.4 is 0 Å². The molecular formula is C28H56O4. The minimum absolute atomic E-state index is 0.109. The Labute approximate surface area is 200 Å². The van der Waals surface area contributed by atoms with Gasteiger partial charge < -0.3 is 18.9 Å². The molecule has 0 aromatic carbocycles. The summed E-state index contributed by atoms with van der Waals surface area (Å²) in [6.45, 7) is 34.8. The van der Waals surface area contributed by atoms with E-state index >= 15 is 0 Å². The molecule has 0 aliphatic heterocycles. The second-order valence-corrected chi connectivity index (χ2v) is 13.5. The molecule has 0 aromatic heterocycles. The van der Waals surface area contributed by atoms with Gasteiger partial charge in [-0.3, -0.25) is 0 Å². The van der Waals surface area contributed by atoms with Crippen molar-refractivity contribution in [3.63, 3.8) is 0 Å². The van der Waals surface area contributed by atoms with Gasteiger partial charge in [-0.05, 0) is 55.4 Å². The van der Waals surface area contributed by atoms with Crippen LogP contribution in [0.5, 0.6) is 0 Å². The number of hydrogen-bond donors (Lipinski definition) is 0. The van der Waals surface area contributed by atoms with Crippen LogP contribution >= 0.6 is 0 Å². The quantitative estimate of drug-likeness (QED) is 0.384. The zero-order valence-electron chi connectivity index (χ0n) is 24.3. The van der Waals surface area contributed by atoms with Crippen molar-refractivity contribution in [2.45, 2.75) is 160 Å². The summed E-state index contributed by atoms with van der Waals surface area (Å²) in [5, 5.41) is 0. The third-order valence-electron chi connectivity index (χ3n) is 7.04. The fourth-order valence-corrected chi connectivity index (χ4v) is 6.68. The molecule has 0 aromatic rings. The van der Waals surface area contributed by atoms with Gasteiger partial charge in [0.15, 0.2) is 0 Å². The molecule has 0 saturated heterocycles. The van der Waals surface area contributed by atoms with Crippen LogP contribution in [-0.2, 0) is 18.9 Å². The molecule has 2 fully saturated rings. The largest absolute Gasteiger partial charge is 0.374 e. The monoisotopic (exact) mass is 456 g/mol. The lowest BCUT2D eigenvalue weighted by molar-refractivity contribution is -0.298. The van der Waals surface area contributed by atoms with E-state index in [1.165, 1.54) is 0 Å². The average molecular weight is 457 g/mol. The molecule has 2 aliphatic carbocycles. The third-order valence-corrected chi connectivity index (χ3v) is 7.04. The number of ether oxygens (including phenoxy) is 4. The maximum atomic E-state index is 6.05. The van der Waals surface area contributed by atoms with Gasteiger partial charge in [0.05, 0.1) is 48.8 Å². The lowest BCUT2D eigenvalue weighted by atomic mass is 9.50. The van der Waals surface area contributed by atoms with Gasteiger partial charge in [-0.15, -0.1) is 0 Å². The second-order valence-electron chi connectivity index (χ2n) is 13.5. The minimum Gasteiger partial charge on any atom is -0.374 e. The molecule has 0 unspecified atom stereocenters. The van der Waals surface area contributed by atoms with Crippen molar-refractivity contribution in [2.24, 2.45) is 21.7 Å². The highest BCUT2D eigenvalue weighted by molar-refractivity contribution is 5.13. The van der Waals surface area contributed by atoms with Crippen molar-refractivity contribution in [3.05, 3.63) is 0 Å². The highest BCUT2D eigenvalue weighted by Gasteiger charge is 2.64. The van der Waals surface area contributed by atoms with E-state index in [0.717, 1.165) is 0 Å². The summed E-state index contributed by atoms with van der Waals surface area (Å²) in [7, 11) is 0. The normalized spacial score (nSPS) is 31.9. The topological polar surface area (TPSA) is 36.9 Å². The Morgan fingerprint density at radius 3 is 0.562 bits per heavy atom. The Bertz CT molecular complexity index is 458. The molecule has 0 amide bonds. The SMILES string of the molecule is CC(C)OC1C(C)(C)C(OC(C)C)C1(C)C.CC(C)OC1C(C)(C)C(OC(C)C)C1(C)C. The average Bonchev–Trinajstić information content (AvgIpc) is 2.59. The van der Waals surface area contributed by atoms with Gasteiger partial charge in [0.1, 0.15) is 0 Å². The molecule has 2 saturated carbocycles. The lowest BCUT2D eigenvalue weighted by Crippen LogP contribution is -2.69. The first-order chi connectivity index (χ1) is 14.2. The summed E-state index contributed by atoms with van der Waals surface area (Å²) in [5.41, 5.74) is 0.437. The van der Waals surface area contributed by atoms with Crippen LogP contribution in [0.25, 0.3) is 0 Å². The standard InChI is InChI=1S/2C14H28O2/c2*1-9(2)15-11-13(5,6)12(14(11,7)8)16-10(3)4/h2*9-12H,1-8H3. The Kier molecular flexibility index (Phi) is 9.54. The van der Waals surface area contributed by atoms with E-state index < -0.39 is 0 Å². The van der Waals surface area contributed by atoms with Crippen molar-refractivity contribution < 1.29 is 18.9 Å². The molecule has 32 heavy (non-hydrogen) atoms. The highest BCUT2D eigenvalue weighted by Crippen LogP contribution is 2.58. The fourth-order valence-electron chi connectivity index (χ4n) is 6.68. The lowest BCUT2D eigenvalue weighted by Gasteiger charge is -2.63. The first-order valence-electron chi connectivity index (χ1n) is 12.8. The fraction of sp³-hybridized carbons (Fsp3) is 1.00. The predicted molar refractivity (Wildman–Crippen MR) is 135 cm³/mol. The van der Waals surface area contributed by atoms with Gasteiger partial charge in [-0.2, -0.15) is 0 Å². The molecule has 2 rings (SSSR count). The highest BCUT2D eigenvalue weighted by atomic mass is 16.5. The molecule has 0 spiro atoms. The summed E-state index contributed by atoms with van der Waals surface area (Å²) >= 11 is 0. The molecule has 0 bridgehead atoms. The number of hydrogen-bond acceptors (Lipinski definition) is 4.